The fourth-order valence-corrected chi connectivity index (χ4v) is 4.37. The Kier molecular flexibility index (Phi) is 5.94. The molecule has 0 bridgehead atoms. The second-order valence-corrected chi connectivity index (χ2v) is 8.84. The number of anilines is 1. The van der Waals surface area contributed by atoms with Crippen molar-refractivity contribution in [2.75, 3.05) is 12.1 Å². The van der Waals surface area contributed by atoms with E-state index in [1.54, 1.807) is 0 Å². The molecule has 2 N–H and O–H groups in total. The molecule has 0 saturated heterocycles. The van der Waals surface area contributed by atoms with E-state index < -0.39 is 0 Å². The minimum absolute atomic E-state index is 0.112. The average Bonchev–Trinajstić information content (AvgIpc) is 3.30. The van der Waals surface area contributed by atoms with Crippen molar-refractivity contribution in [3.05, 3.63) is 99.3 Å². The predicted molar refractivity (Wildman–Crippen MR) is 139 cm³/mol. The molecule has 4 aromatic rings. The molecule has 0 aliphatic carbocycles. The van der Waals surface area contributed by atoms with Crippen LogP contribution in [-0.4, -0.2) is 21.8 Å². The zero-order valence-corrected chi connectivity index (χ0v) is 19.9. The first kappa shape index (κ1) is 22.0. The van der Waals surface area contributed by atoms with Gasteiger partial charge in [0.2, 0.25) is 6.79 Å². The van der Waals surface area contributed by atoms with Gasteiger partial charge >= 0.3 is 0 Å². The van der Waals surface area contributed by atoms with Crippen molar-refractivity contribution in [3.63, 3.8) is 0 Å². The first-order valence-corrected chi connectivity index (χ1v) is 11.5. The highest BCUT2D eigenvalue weighted by molar-refractivity contribution is 7.80. The van der Waals surface area contributed by atoms with Gasteiger partial charge in [0.25, 0.3) is 5.56 Å². The van der Waals surface area contributed by atoms with Crippen molar-refractivity contribution < 1.29 is 9.47 Å². The zero-order valence-electron chi connectivity index (χ0n) is 19.1. The fourth-order valence-electron chi connectivity index (χ4n) is 4.12. The Hall–Kier alpha value is -3.84. The fraction of sp³-hybridized carbons (Fsp3) is 0.185. The maximum Gasteiger partial charge on any atom is 0.253 e. The Morgan fingerprint density at radius 2 is 1.74 bits per heavy atom. The van der Waals surface area contributed by atoms with Crippen LogP contribution in [0.4, 0.5) is 5.69 Å². The SMILES string of the molecule is Cc1ccc(C)c2[nH]c(=O)c(CN(Cc3ccc4c(c3)OCO4)C(=S)Nc3ccccc3)cc12. The summed E-state index contributed by atoms with van der Waals surface area (Å²) in [5.41, 5.74) is 5.47. The molecule has 0 spiro atoms. The van der Waals surface area contributed by atoms with Gasteiger partial charge in [-0.2, -0.15) is 0 Å². The molecule has 2 heterocycles. The highest BCUT2D eigenvalue weighted by Gasteiger charge is 2.18. The monoisotopic (exact) mass is 471 g/mol. The number of pyridine rings is 1. The van der Waals surface area contributed by atoms with Crippen LogP contribution in [0.1, 0.15) is 22.3 Å². The van der Waals surface area contributed by atoms with E-state index in [4.69, 9.17) is 21.7 Å². The molecule has 0 unspecified atom stereocenters. The maximum absolute atomic E-state index is 13.0. The van der Waals surface area contributed by atoms with Crippen molar-refractivity contribution in [3.8, 4) is 11.5 Å². The Balaban J connectivity index is 1.49. The molecule has 34 heavy (non-hydrogen) atoms. The molecule has 0 fully saturated rings. The van der Waals surface area contributed by atoms with E-state index in [2.05, 4.69) is 23.3 Å². The van der Waals surface area contributed by atoms with E-state index >= 15 is 0 Å². The number of hydrogen-bond acceptors (Lipinski definition) is 4. The Labute approximate surface area is 203 Å². The first-order valence-electron chi connectivity index (χ1n) is 11.1. The highest BCUT2D eigenvalue weighted by Crippen LogP contribution is 2.33. The number of fused-ring (bicyclic) bond motifs is 2. The van der Waals surface area contributed by atoms with Gasteiger partial charge in [-0.15, -0.1) is 0 Å². The van der Waals surface area contributed by atoms with Crippen molar-refractivity contribution >= 4 is 33.9 Å². The van der Waals surface area contributed by atoms with Crippen molar-refractivity contribution in [1.29, 1.82) is 0 Å². The number of aromatic amines is 1. The summed E-state index contributed by atoms with van der Waals surface area (Å²) in [6.07, 6.45) is 0. The summed E-state index contributed by atoms with van der Waals surface area (Å²) >= 11 is 5.79. The van der Waals surface area contributed by atoms with Crippen LogP contribution >= 0.6 is 12.2 Å². The number of nitrogens with one attached hydrogen (secondary N) is 2. The third kappa shape index (κ3) is 4.47. The van der Waals surface area contributed by atoms with E-state index in [1.165, 1.54) is 0 Å². The van der Waals surface area contributed by atoms with Gasteiger partial charge in [0.05, 0.1) is 12.1 Å². The molecular weight excluding hydrogens is 446 g/mol. The number of rotatable bonds is 5. The first-order chi connectivity index (χ1) is 16.5. The third-order valence-corrected chi connectivity index (χ3v) is 6.36. The highest BCUT2D eigenvalue weighted by atomic mass is 32.1. The largest absolute Gasteiger partial charge is 0.454 e. The number of para-hydroxylation sites is 1. The zero-order chi connectivity index (χ0) is 23.7. The lowest BCUT2D eigenvalue weighted by molar-refractivity contribution is 0.174. The standard InChI is InChI=1S/C27H25N3O3S/c1-17-8-9-18(2)25-22(17)13-20(26(31)29-25)15-30(27(34)28-21-6-4-3-5-7-21)14-19-10-11-23-24(12-19)33-16-32-23/h3-13H,14-16H2,1-2H3,(H,28,34)(H,29,31). The molecule has 1 aliphatic heterocycles. The minimum atomic E-state index is -0.112. The topological polar surface area (TPSA) is 66.6 Å². The van der Waals surface area contributed by atoms with Crippen molar-refractivity contribution in [2.24, 2.45) is 0 Å². The molecule has 1 aromatic heterocycles. The van der Waals surface area contributed by atoms with Crippen molar-refractivity contribution in [2.45, 2.75) is 26.9 Å². The van der Waals surface area contributed by atoms with Crippen LogP contribution in [0, 0.1) is 13.8 Å². The lowest BCUT2D eigenvalue weighted by Crippen LogP contribution is -2.35. The second-order valence-electron chi connectivity index (χ2n) is 8.45. The predicted octanol–water partition coefficient (Wildman–Crippen LogP) is 5.27. The molecule has 1 aliphatic rings. The van der Waals surface area contributed by atoms with Crippen LogP contribution in [0.3, 0.4) is 0 Å². The molecule has 0 saturated carbocycles. The third-order valence-electron chi connectivity index (χ3n) is 6.00. The second kappa shape index (κ2) is 9.19. The number of aromatic nitrogens is 1. The van der Waals surface area contributed by atoms with Crippen molar-refractivity contribution in [1.82, 2.24) is 9.88 Å². The van der Waals surface area contributed by atoms with Crippen LogP contribution in [0.5, 0.6) is 11.5 Å². The van der Waals surface area contributed by atoms with Crippen LogP contribution in [0.25, 0.3) is 10.9 Å². The quantitative estimate of drug-likeness (QED) is 0.387. The number of thiocarbonyl (C=S) groups is 1. The summed E-state index contributed by atoms with van der Waals surface area (Å²) in [4.78, 5) is 18.1. The number of ether oxygens (including phenoxy) is 2. The van der Waals surface area contributed by atoms with Gasteiger partial charge < -0.3 is 24.7 Å². The number of hydrogen-bond donors (Lipinski definition) is 2. The molecule has 0 atom stereocenters. The van der Waals surface area contributed by atoms with Gasteiger partial charge in [-0.3, -0.25) is 4.79 Å². The molecular formula is C27H25N3O3S. The van der Waals surface area contributed by atoms with Crippen LogP contribution in [0.15, 0.2) is 71.5 Å². The Morgan fingerprint density at radius 3 is 2.56 bits per heavy atom. The summed E-state index contributed by atoms with van der Waals surface area (Å²) in [5.74, 6) is 1.45. The molecule has 5 rings (SSSR count). The maximum atomic E-state index is 13.0. The van der Waals surface area contributed by atoms with Crippen LogP contribution in [-0.2, 0) is 13.1 Å². The Bertz CT molecular complexity index is 1430. The molecule has 0 radical (unpaired) electrons. The summed E-state index contributed by atoms with van der Waals surface area (Å²) in [6.45, 7) is 5.13. The van der Waals surface area contributed by atoms with Gasteiger partial charge in [0.1, 0.15) is 0 Å². The van der Waals surface area contributed by atoms with Gasteiger partial charge in [-0.25, -0.2) is 0 Å². The van der Waals surface area contributed by atoms with Gasteiger partial charge in [-0.05, 0) is 73.1 Å². The van der Waals surface area contributed by atoms with Gasteiger partial charge in [0, 0.05) is 23.2 Å². The number of aryl methyl sites for hydroxylation is 2. The molecule has 6 nitrogen and oxygen atoms in total. The molecule has 0 amide bonds. The van der Waals surface area contributed by atoms with E-state index in [9.17, 15) is 4.79 Å². The lowest BCUT2D eigenvalue weighted by atomic mass is 10.0. The van der Waals surface area contributed by atoms with E-state index in [0.717, 1.165) is 39.0 Å². The van der Waals surface area contributed by atoms with Crippen LogP contribution < -0.4 is 20.3 Å². The number of nitrogens with zero attached hydrogens (tertiary/aromatic N) is 1. The van der Waals surface area contributed by atoms with E-state index in [1.807, 2.05) is 72.5 Å². The summed E-state index contributed by atoms with van der Waals surface area (Å²) in [5, 5.41) is 4.87. The molecule has 3 aromatic carbocycles. The van der Waals surface area contributed by atoms with Gasteiger partial charge in [-0.1, -0.05) is 36.4 Å². The van der Waals surface area contributed by atoms with Crippen LogP contribution in [0.2, 0.25) is 0 Å². The summed E-state index contributed by atoms with van der Waals surface area (Å²) in [7, 11) is 0. The number of H-pyrrole nitrogens is 1. The van der Waals surface area contributed by atoms with E-state index in [0.29, 0.717) is 29.5 Å². The Morgan fingerprint density at radius 1 is 0.971 bits per heavy atom. The average molecular weight is 472 g/mol. The van der Waals surface area contributed by atoms with Gasteiger partial charge in [0.15, 0.2) is 16.6 Å². The number of benzene rings is 3. The summed E-state index contributed by atoms with van der Waals surface area (Å²) < 4.78 is 11.0. The van der Waals surface area contributed by atoms with E-state index in [-0.39, 0.29) is 12.4 Å². The smallest absolute Gasteiger partial charge is 0.253 e. The normalized spacial score (nSPS) is 12.1. The lowest BCUT2D eigenvalue weighted by Gasteiger charge is -2.26. The minimum Gasteiger partial charge on any atom is -0.454 e. The summed E-state index contributed by atoms with van der Waals surface area (Å²) in [6, 6.07) is 21.7. The molecule has 172 valence electrons. The molecule has 7 heteroatoms.